The minimum absolute atomic E-state index is 0.439. The van der Waals surface area contributed by atoms with Crippen molar-refractivity contribution in [3.8, 4) is 0 Å². The van der Waals surface area contributed by atoms with Crippen LogP contribution in [0.4, 0.5) is 5.82 Å². The van der Waals surface area contributed by atoms with Crippen LogP contribution < -0.4 is 5.73 Å². The van der Waals surface area contributed by atoms with E-state index in [9.17, 15) is 0 Å². The summed E-state index contributed by atoms with van der Waals surface area (Å²) in [6.07, 6.45) is 4.97. The normalized spacial score (nSPS) is 26.8. The number of aryl methyl sites for hydroxylation is 1. The molecule has 0 radical (unpaired) electrons. The fourth-order valence-electron chi connectivity index (χ4n) is 2.41. The lowest BCUT2D eigenvalue weighted by atomic mass is 9.93. The minimum Gasteiger partial charge on any atom is -0.382 e. The molecule has 2 rings (SSSR count). The van der Waals surface area contributed by atoms with Crippen LogP contribution in [0.15, 0.2) is 6.07 Å². The van der Waals surface area contributed by atoms with Crippen molar-refractivity contribution in [3.63, 3.8) is 0 Å². The highest BCUT2D eigenvalue weighted by Crippen LogP contribution is 2.30. The molecule has 84 valence electrons. The Morgan fingerprint density at radius 1 is 1.40 bits per heavy atom. The molecule has 1 aromatic rings. The Balaban J connectivity index is 2.04. The van der Waals surface area contributed by atoms with Crippen molar-refractivity contribution in [2.75, 3.05) is 12.8 Å². The van der Waals surface area contributed by atoms with Gasteiger partial charge in [0.25, 0.3) is 0 Å². The van der Waals surface area contributed by atoms with Crippen molar-refractivity contribution in [2.24, 2.45) is 0 Å². The standard InChI is InChI=1S/C11H19N3O/c1-8-7-11(12)13-14(8)9-3-5-10(15-2)6-4-9/h7,9-10H,3-6H2,1-2H3,(H2,12,13). The highest BCUT2D eigenvalue weighted by atomic mass is 16.5. The van der Waals surface area contributed by atoms with Gasteiger partial charge in [-0.15, -0.1) is 0 Å². The number of nitrogens with two attached hydrogens (primary N) is 1. The molecule has 0 unspecified atom stereocenters. The first-order chi connectivity index (χ1) is 7.20. The van der Waals surface area contributed by atoms with E-state index in [1.165, 1.54) is 0 Å². The third-order valence-corrected chi connectivity index (χ3v) is 3.26. The van der Waals surface area contributed by atoms with Gasteiger partial charge in [-0.1, -0.05) is 0 Å². The number of nitrogens with zero attached hydrogens (tertiary/aromatic N) is 2. The van der Waals surface area contributed by atoms with Crippen LogP contribution in [0.1, 0.15) is 37.4 Å². The molecule has 0 spiro atoms. The summed E-state index contributed by atoms with van der Waals surface area (Å²) in [5.74, 6) is 0.626. The fraction of sp³-hybridized carbons (Fsp3) is 0.727. The van der Waals surface area contributed by atoms with Gasteiger partial charge in [0, 0.05) is 18.9 Å². The van der Waals surface area contributed by atoms with Crippen LogP contribution in [0.5, 0.6) is 0 Å². The van der Waals surface area contributed by atoms with E-state index in [0.717, 1.165) is 31.4 Å². The van der Waals surface area contributed by atoms with Gasteiger partial charge in [-0.3, -0.25) is 4.68 Å². The molecule has 1 aliphatic carbocycles. The average Bonchev–Trinajstić information content (AvgIpc) is 2.58. The second kappa shape index (κ2) is 4.23. The van der Waals surface area contributed by atoms with Gasteiger partial charge in [0.1, 0.15) is 5.82 Å². The van der Waals surface area contributed by atoms with Crippen LogP contribution in [0, 0.1) is 6.92 Å². The molecule has 2 N–H and O–H groups in total. The summed E-state index contributed by atoms with van der Waals surface area (Å²) in [5, 5.41) is 4.34. The quantitative estimate of drug-likeness (QED) is 0.809. The van der Waals surface area contributed by atoms with Crippen molar-refractivity contribution in [3.05, 3.63) is 11.8 Å². The number of hydrogen-bond donors (Lipinski definition) is 1. The van der Waals surface area contributed by atoms with E-state index in [0.29, 0.717) is 18.0 Å². The van der Waals surface area contributed by atoms with Crippen LogP contribution in [0.25, 0.3) is 0 Å². The van der Waals surface area contributed by atoms with E-state index in [-0.39, 0.29) is 0 Å². The fourth-order valence-corrected chi connectivity index (χ4v) is 2.41. The molecule has 15 heavy (non-hydrogen) atoms. The third-order valence-electron chi connectivity index (χ3n) is 3.26. The molecular weight excluding hydrogens is 190 g/mol. The molecule has 0 aliphatic heterocycles. The van der Waals surface area contributed by atoms with Crippen molar-refractivity contribution in [1.29, 1.82) is 0 Å². The summed E-state index contributed by atoms with van der Waals surface area (Å²) in [5.41, 5.74) is 6.84. The molecule has 1 saturated carbocycles. The Morgan fingerprint density at radius 3 is 2.53 bits per heavy atom. The number of ether oxygens (including phenoxy) is 1. The number of aromatic nitrogens is 2. The molecule has 0 bridgehead atoms. The Bertz CT molecular complexity index is 327. The highest BCUT2D eigenvalue weighted by molar-refractivity contribution is 5.29. The lowest BCUT2D eigenvalue weighted by Gasteiger charge is -2.28. The van der Waals surface area contributed by atoms with Gasteiger partial charge in [0.15, 0.2) is 0 Å². The molecule has 0 saturated heterocycles. The molecule has 1 aliphatic rings. The van der Waals surface area contributed by atoms with Gasteiger partial charge in [-0.2, -0.15) is 5.10 Å². The summed E-state index contributed by atoms with van der Waals surface area (Å²) < 4.78 is 7.43. The van der Waals surface area contributed by atoms with E-state index >= 15 is 0 Å². The number of hydrogen-bond acceptors (Lipinski definition) is 3. The maximum absolute atomic E-state index is 5.68. The summed E-state index contributed by atoms with van der Waals surface area (Å²) in [4.78, 5) is 0. The third kappa shape index (κ3) is 2.15. The van der Waals surface area contributed by atoms with Crippen molar-refractivity contribution in [2.45, 2.75) is 44.8 Å². The van der Waals surface area contributed by atoms with Gasteiger partial charge < -0.3 is 10.5 Å². The van der Waals surface area contributed by atoms with Crippen molar-refractivity contribution in [1.82, 2.24) is 9.78 Å². The van der Waals surface area contributed by atoms with Gasteiger partial charge in [0.05, 0.1) is 12.1 Å². The second-order valence-electron chi connectivity index (χ2n) is 4.32. The van der Waals surface area contributed by atoms with Crippen LogP contribution in [0.3, 0.4) is 0 Å². The van der Waals surface area contributed by atoms with Crippen LogP contribution in [0.2, 0.25) is 0 Å². The van der Waals surface area contributed by atoms with Gasteiger partial charge in [-0.25, -0.2) is 0 Å². The Morgan fingerprint density at radius 2 is 2.07 bits per heavy atom. The monoisotopic (exact) mass is 209 g/mol. The van der Waals surface area contributed by atoms with Crippen LogP contribution in [-0.2, 0) is 4.74 Å². The maximum Gasteiger partial charge on any atom is 0.145 e. The lowest BCUT2D eigenvalue weighted by molar-refractivity contribution is 0.0566. The molecule has 1 heterocycles. The SMILES string of the molecule is COC1CCC(n2nc(N)cc2C)CC1. The van der Waals surface area contributed by atoms with Gasteiger partial charge in [-0.05, 0) is 32.6 Å². The minimum atomic E-state index is 0.439. The zero-order valence-corrected chi connectivity index (χ0v) is 9.44. The zero-order valence-electron chi connectivity index (χ0n) is 9.44. The first-order valence-corrected chi connectivity index (χ1v) is 5.55. The molecule has 1 fully saturated rings. The molecule has 0 aromatic carbocycles. The number of nitrogen functional groups attached to an aromatic ring is 1. The van der Waals surface area contributed by atoms with E-state index in [2.05, 4.69) is 16.7 Å². The Kier molecular flexibility index (Phi) is 2.95. The zero-order chi connectivity index (χ0) is 10.8. The molecule has 1 aromatic heterocycles. The first-order valence-electron chi connectivity index (χ1n) is 5.55. The molecule has 4 nitrogen and oxygen atoms in total. The van der Waals surface area contributed by atoms with E-state index in [4.69, 9.17) is 10.5 Å². The number of rotatable bonds is 2. The second-order valence-corrected chi connectivity index (χ2v) is 4.32. The summed E-state index contributed by atoms with van der Waals surface area (Å²) in [6, 6.07) is 2.44. The lowest BCUT2D eigenvalue weighted by Crippen LogP contribution is -2.23. The van der Waals surface area contributed by atoms with Crippen molar-refractivity contribution < 1.29 is 4.74 Å². The largest absolute Gasteiger partial charge is 0.382 e. The maximum atomic E-state index is 5.68. The predicted molar refractivity (Wildman–Crippen MR) is 59.7 cm³/mol. The van der Waals surface area contributed by atoms with E-state index in [1.807, 2.05) is 6.07 Å². The first kappa shape index (κ1) is 10.5. The van der Waals surface area contributed by atoms with Gasteiger partial charge in [0.2, 0.25) is 0 Å². The summed E-state index contributed by atoms with van der Waals surface area (Å²) in [6.45, 7) is 2.06. The average molecular weight is 209 g/mol. The number of methoxy groups -OCH3 is 1. The van der Waals surface area contributed by atoms with Crippen LogP contribution in [-0.4, -0.2) is 23.0 Å². The predicted octanol–water partition coefficient (Wildman–Crippen LogP) is 1.90. The molecule has 0 amide bonds. The molecule has 0 atom stereocenters. The van der Waals surface area contributed by atoms with Crippen molar-refractivity contribution >= 4 is 5.82 Å². The summed E-state index contributed by atoms with van der Waals surface area (Å²) >= 11 is 0. The molecule has 4 heteroatoms. The molecular formula is C11H19N3O. The Labute approximate surface area is 90.4 Å². The Hall–Kier alpha value is -1.03. The van der Waals surface area contributed by atoms with Gasteiger partial charge >= 0.3 is 0 Å². The smallest absolute Gasteiger partial charge is 0.145 e. The summed E-state index contributed by atoms with van der Waals surface area (Å²) in [7, 11) is 1.79. The van der Waals surface area contributed by atoms with Crippen LogP contribution >= 0.6 is 0 Å². The van der Waals surface area contributed by atoms with E-state index < -0.39 is 0 Å². The highest BCUT2D eigenvalue weighted by Gasteiger charge is 2.23. The number of anilines is 1. The topological polar surface area (TPSA) is 53.1 Å². The van der Waals surface area contributed by atoms with E-state index in [1.54, 1.807) is 7.11 Å².